The number of nitrogens with zero attached hydrogens (tertiary/aromatic N) is 6. The Kier molecular flexibility index (Phi) is 27.4. The van der Waals surface area contributed by atoms with Crippen LogP contribution < -0.4 is 33.0 Å². The third-order valence-corrected chi connectivity index (χ3v) is 10.5. The first-order chi connectivity index (χ1) is 34.9. The van der Waals surface area contributed by atoms with Crippen molar-refractivity contribution in [3.63, 3.8) is 0 Å². The minimum Gasteiger partial charge on any atom is -0.480 e. The van der Waals surface area contributed by atoms with Crippen molar-refractivity contribution >= 4 is 53.9 Å². The molecule has 6 rings (SSSR count). The summed E-state index contributed by atoms with van der Waals surface area (Å²) in [7, 11) is 0. The van der Waals surface area contributed by atoms with Crippen molar-refractivity contribution in [2.75, 3.05) is 43.5 Å². The molecule has 26 heteroatoms. The molecule has 0 atom stereocenters. The van der Waals surface area contributed by atoms with Crippen molar-refractivity contribution in [1.29, 1.82) is 0 Å². The predicted octanol–water partition coefficient (Wildman–Crippen LogP) is 7.27. The van der Waals surface area contributed by atoms with E-state index < -0.39 is 73.0 Å². The first-order valence-corrected chi connectivity index (χ1v) is 23.0. The van der Waals surface area contributed by atoms with Crippen LogP contribution in [-0.2, 0) is 61.3 Å². The summed E-state index contributed by atoms with van der Waals surface area (Å²) in [6.07, 6.45) is 4.11. The summed E-state index contributed by atoms with van der Waals surface area (Å²) in [6, 6.07) is 22.0. The van der Waals surface area contributed by atoms with Crippen LogP contribution in [0.2, 0.25) is 0 Å². The lowest BCUT2D eigenvalue weighted by Gasteiger charge is -2.18. The Morgan fingerprint density at radius 3 is 1.24 bits per heavy atom. The molecular formula is C50H60BBrF6N9O9. The number of hydrogen-bond acceptors (Lipinski definition) is 14. The molecule has 0 aliphatic rings. The van der Waals surface area contributed by atoms with Gasteiger partial charge >= 0.3 is 17.9 Å². The van der Waals surface area contributed by atoms with Crippen LogP contribution in [0.1, 0.15) is 56.5 Å². The fourth-order valence-electron chi connectivity index (χ4n) is 6.08. The Balaban J connectivity index is 0.00000103. The van der Waals surface area contributed by atoms with Crippen LogP contribution in [0, 0.1) is 20.8 Å². The number of benzene rings is 3. The zero-order valence-electron chi connectivity index (χ0n) is 41.2. The van der Waals surface area contributed by atoms with E-state index in [2.05, 4.69) is 41.5 Å². The minimum atomic E-state index is -3.20. The molecule has 0 saturated carbocycles. The third-order valence-electron chi connectivity index (χ3n) is 10.00. The van der Waals surface area contributed by atoms with Crippen LogP contribution in [0.3, 0.4) is 0 Å². The van der Waals surface area contributed by atoms with Gasteiger partial charge in [-0.2, -0.15) is 26.3 Å². The van der Waals surface area contributed by atoms with Crippen LogP contribution in [-0.4, -0.2) is 92.9 Å². The van der Waals surface area contributed by atoms with Gasteiger partial charge in [0.2, 0.25) is 0 Å². The Morgan fingerprint density at radius 1 is 0.592 bits per heavy atom. The normalized spacial score (nSPS) is 10.8. The highest BCUT2D eigenvalue weighted by Gasteiger charge is 2.33. The number of carbonyl (C=O) groups is 3. The first-order valence-electron chi connectivity index (χ1n) is 22.2. The summed E-state index contributed by atoms with van der Waals surface area (Å²) < 4.78 is 95.2. The zero-order chi connectivity index (χ0) is 55.2. The maximum atomic E-state index is 14.2. The Bertz CT molecular complexity index is 2980. The average Bonchev–Trinajstić information content (AvgIpc) is 3.37. The number of aromatic nitrogens is 6. The van der Waals surface area contributed by atoms with E-state index in [1.54, 1.807) is 58.0 Å². The van der Waals surface area contributed by atoms with E-state index in [9.17, 15) is 55.1 Å². The number of hydrogen-bond donors (Lipinski definition) is 4. The lowest BCUT2D eigenvalue weighted by atomic mass is 10.1. The van der Waals surface area contributed by atoms with Crippen molar-refractivity contribution in [2.24, 2.45) is 5.73 Å². The molecule has 411 valence electrons. The van der Waals surface area contributed by atoms with E-state index in [0.29, 0.717) is 23.7 Å². The number of ether oxygens (including phenoxy) is 2. The molecule has 0 spiro atoms. The number of halogens is 7. The predicted molar refractivity (Wildman–Crippen MR) is 280 cm³/mol. The summed E-state index contributed by atoms with van der Waals surface area (Å²) in [5.41, 5.74) is 4.15. The van der Waals surface area contributed by atoms with Crippen LogP contribution in [0.4, 0.5) is 38.0 Å². The van der Waals surface area contributed by atoms with E-state index in [1.807, 2.05) is 0 Å². The van der Waals surface area contributed by atoms with Crippen LogP contribution >= 0.6 is 15.9 Å². The van der Waals surface area contributed by atoms with Crippen molar-refractivity contribution in [3.8, 4) is 0 Å². The van der Waals surface area contributed by atoms with Crippen LogP contribution in [0.25, 0.3) is 0 Å². The lowest BCUT2D eigenvalue weighted by molar-refractivity contribution is -0.144. The number of carboxylic acid groups (broad SMARTS) is 1. The summed E-state index contributed by atoms with van der Waals surface area (Å²) in [5.74, 6) is -12.0. The van der Waals surface area contributed by atoms with Crippen molar-refractivity contribution < 1.29 is 56.7 Å². The van der Waals surface area contributed by atoms with Gasteiger partial charge in [-0.25, -0.2) is 15.0 Å². The van der Waals surface area contributed by atoms with Crippen LogP contribution in [0.15, 0.2) is 129 Å². The van der Waals surface area contributed by atoms with Gasteiger partial charge in [-0.15, -0.1) is 0 Å². The number of esters is 2. The zero-order valence-corrected chi connectivity index (χ0v) is 42.8. The topological polar surface area (TPSA) is 245 Å². The highest BCUT2D eigenvalue weighted by molar-refractivity contribution is 9.10. The van der Waals surface area contributed by atoms with Gasteiger partial charge in [0.25, 0.3) is 34.4 Å². The molecule has 0 bridgehead atoms. The number of carbonyl (C=O) groups excluding carboxylic acids is 2. The quantitative estimate of drug-likeness (QED) is 0.0376. The molecule has 76 heavy (non-hydrogen) atoms. The fraction of sp³-hybridized carbons (Fsp3) is 0.340. The monoisotopic (exact) mass is 1140 g/mol. The first kappa shape index (κ1) is 66.4. The molecule has 0 aliphatic carbocycles. The SMILES string of the molecule is C.CCOC(=O)Cn1c(C)cnc(Br)c1=O.CCOC(=O)Cn1c(C)cnc(NCC(F)(F)c2ccccc2)c1=O.Cc1cnc(NCC(F)(F)c2ccccc2)c(=O)n1CC(=O)O.NCC(F)(F)c1ccccc1.[2HH].[B]. The molecule has 0 fully saturated rings. The number of nitrogens with one attached hydrogen (secondary N) is 2. The molecule has 3 heterocycles. The number of rotatable bonds is 18. The average molecular weight is 1140 g/mol. The molecular weight excluding hydrogens is 1080 g/mol. The Hall–Kier alpha value is -7.61. The standard InChI is InChI=1S/C17H19F2N3O3.C15H15F2N3O3.C9H11BrN2O3.C8H9F2N.CH4.B.H2/c1-3-25-14(23)10-22-12(2)9-20-15(16(22)24)21-11-17(18,19)13-7-5-4-6-8-13;1-10-7-18-13(14(23)20(10)8-12(21)22)19-9-15(16,17)11-5-3-2-4-6-11;1-3-15-7(13)5-12-6(2)4-11-8(10)9(12)14;9-8(10,6-11)7-4-2-1-3-5-7;;;/h4-9H,3,10-11H2,1-2H3,(H,20,21);2-7H,8-9H2,1H3,(H,18,19)(H,21,22);4H,3,5H2,1-2H3;1-5H,6,11H2;1H4;;1H/i;;;;;;1+1. The molecule has 3 radical (unpaired) electrons. The molecule has 0 aliphatic heterocycles. The smallest absolute Gasteiger partial charge is 0.326 e. The van der Waals surface area contributed by atoms with E-state index in [4.69, 9.17) is 20.3 Å². The van der Waals surface area contributed by atoms with Crippen LogP contribution in [0.5, 0.6) is 0 Å². The highest BCUT2D eigenvalue weighted by atomic mass is 79.9. The fourth-order valence-corrected chi connectivity index (χ4v) is 6.40. The number of nitrogens with two attached hydrogens (primary N) is 1. The molecule has 0 amide bonds. The summed E-state index contributed by atoms with van der Waals surface area (Å²) >= 11 is 3.01. The van der Waals surface area contributed by atoms with Gasteiger partial charge in [0.05, 0.1) is 32.8 Å². The third kappa shape index (κ3) is 20.3. The second kappa shape index (κ2) is 31.3. The van der Waals surface area contributed by atoms with Gasteiger partial charge in [-0.3, -0.25) is 42.5 Å². The maximum absolute atomic E-state index is 14.2. The van der Waals surface area contributed by atoms with Crippen molar-refractivity contribution in [1.82, 2.24) is 28.7 Å². The van der Waals surface area contributed by atoms with Gasteiger partial charge in [0, 0.05) is 62.2 Å². The summed E-state index contributed by atoms with van der Waals surface area (Å²) in [4.78, 5) is 81.1. The van der Waals surface area contributed by atoms with E-state index in [1.165, 1.54) is 90.7 Å². The van der Waals surface area contributed by atoms with Gasteiger partial charge in [0.15, 0.2) is 16.2 Å². The maximum Gasteiger partial charge on any atom is 0.326 e. The van der Waals surface area contributed by atoms with Crippen molar-refractivity contribution in [3.05, 3.63) is 179 Å². The molecule has 18 nitrogen and oxygen atoms in total. The van der Waals surface area contributed by atoms with Gasteiger partial charge in [-0.1, -0.05) is 98.4 Å². The van der Waals surface area contributed by atoms with E-state index >= 15 is 0 Å². The summed E-state index contributed by atoms with van der Waals surface area (Å²) in [5, 5.41) is 13.5. The number of anilines is 2. The largest absolute Gasteiger partial charge is 0.480 e. The Labute approximate surface area is 445 Å². The van der Waals surface area contributed by atoms with Crippen molar-refractivity contribution in [2.45, 2.75) is 79.4 Å². The molecule has 0 saturated heterocycles. The minimum absolute atomic E-state index is 0. The number of alkyl halides is 6. The van der Waals surface area contributed by atoms with E-state index in [0.717, 1.165) is 9.13 Å². The van der Waals surface area contributed by atoms with Gasteiger partial charge in [-0.05, 0) is 50.5 Å². The Morgan fingerprint density at radius 2 is 0.908 bits per heavy atom. The molecule has 0 unspecified atom stereocenters. The second-order valence-electron chi connectivity index (χ2n) is 15.5. The lowest BCUT2D eigenvalue weighted by Crippen LogP contribution is -2.33. The molecule has 3 aromatic heterocycles. The van der Waals surface area contributed by atoms with Gasteiger partial charge in [0.1, 0.15) is 19.6 Å². The molecule has 6 aromatic rings. The summed E-state index contributed by atoms with van der Waals surface area (Å²) in [6.45, 7) is 5.48. The second-order valence-corrected chi connectivity index (χ2v) is 16.2. The highest BCUT2D eigenvalue weighted by Crippen LogP contribution is 2.29. The molecule has 3 aromatic carbocycles. The number of aliphatic carboxylic acids is 1. The molecule has 5 N–H and O–H groups in total. The number of aryl methyl sites for hydroxylation is 3. The van der Waals surface area contributed by atoms with E-state index in [-0.39, 0.29) is 75.5 Å². The number of carboxylic acids is 1. The van der Waals surface area contributed by atoms with Gasteiger partial charge < -0.3 is 30.9 Å².